The number of nitrogens with one attached hydrogen (secondary N) is 1. The van der Waals surface area contributed by atoms with Gasteiger partial charge in [-0.2, -0.15) is 0 Å². The van der Waals surface area contributed by atoms with Crippen LogP contribution in [0.15, 0.2) is 0 Å². The number of amides is 2. The van der Waals surface area contributed by atoms with E-state index < -0.39 is 11.5 Å². The van der Waals surface area contributed by atoms with Crippen molar-refractivity contribution in [2.24, 2.45) is 17.8 Å². The summed E-state index contributed by atoms with van der Waals surface area (Å²) >= 11 is 0. The summed E-state index contributed by atoms with van der Waals surface area (Å²) in [5.41, 5.74) is -0.489. The van der Waals surface area contributed by atoms with Crippen LogP contribution in [0.3, 0.4) is 0 Å². The molecule has 0 unspecified atom stereocenters. The number of nitrogens with zero attached hydrogens (tertiary/aromatic N) is 1. The number of aliphatic carboxylic acids is 1. The standard InChI is InChI=1S/C15H26N2O3/c1-15(2,3)17(9-13(18)19)14(20)16-8-12(10-4-5-10)11-6-7-11/h10-12H,4-9H2,1-3H3,(H,16,20)(H,18,19). The highest BCUT2D eigenvalue weighted by atomic mass is 16.4. The van der Waals surface area contributed by atoms with E-state index in [-0.39, 0.29) is 12.6 Å². The Labute approximate surface area is 120 Å². The Bertz CT molecular complexity index is 369. The van der Waals surface area contributed by atoms with Gasteiger partial charge in [0, 0.05) is 12.1 Å². The van der Waals surface area contributed by atoms with E-state index in [1.165, 1.54) is 30.6 Å². The summed E-state index contributed by atoms with van der Waals surface area (Å²) in [4.78, 5) is 24.6. The van der Waals surface area contributed by atoms with Crippen molar-refractivity contribution in [2.75, 3.05) is 13.1 Å². The maximum atomic E-state index is 12.3. The number of hydrogen-bond acceptors (Lipinski definition) is 2. The van der Waals surface area contributed by atoms with Crippen LogP contribution in [0.25, 0.3) is 0 Å². The minimum absolute atomic E-state index is 0.257. The summed E-state index contributed by atoms with van der Waals surface area (Å²) in [5.74, 6) is 1.19. The van der Waals surface area contributed by atoms with Gasteiger partial charge >= 0.3 is 12.0 Å². The summed E-state index contributed by atoms with van der Waals surface area (Å²) in [5, 5.41) is 11.9. The molecule has 0 aliphatic heterocycles. The Balaban J connectivity index is 1.88. The minimum atomic E-state index is -0.976. The van der Waals surface area contributed by atoms with Gasteiger partial charge < -0.3 is 15.3 Å². The second-order valence-corrected chi connectivity index (χ2v) is 7.18. The Kier molecular flexibility index (Phi) is 4.25. The lowest BCUT2D eigenvalue weighted by molar-refractivity contribution is -0.138. The minimum Gasteiger partial charge on any atom is -0.480 e. The number of rotatable bonds is 6. The van der Waals surface area contributed by atoms with Gasteiger partial charge in [0.25, 0.3) is 0 Å². The highest BCUT2D eigenvalue weighted by Crippen LogP contribution is 2.48. The van der Waals surface area contributed by atoms with Crippen molar-refractivity contribution in [3.8, 4) is 0 Å². The zero-order chi connectivity index (χ0) is 14.9. The number of carbonyl (C=O) groups excluding carboxylic acids is 1. The summed E-state index contributed by atoms with van der Waals surface area (Å²) in [6.07, 6.45) is 5.15. The molecule has 2 fully saturated rings. The van der Waals surface area contributed by atoms with Crippen LogP contribution in [0, 0.1) is 17.8 Å². The van der Waals surface area contributed by atoms with Crippen LogP contribution in [0.2, 0.25) is 0 Å². The van der Waals surface area contributed by atoms with Gasteiger partial charge in [-0.1, -0.05) is 0 Å². The van der Waals surface area contributed by atoms with Crippen molar-refractivity contribution in [3.05, 3.63) is 0 Å². The molecule has 2 rings (SSSR count). The molecule has 2 saturated carbocycles. The van der Waals surface area contributed by atoms with Crippen molar-refractivity contribution in [1.82, 2.24) is 10.2 Å². The number of urea groups is 1. The second kappa shape index (κ2) is 5.62. The van der Waals surface area contributed by atoms with E-state index in [9.17, 15) is 9.59 Å². The molecule has 114 valence electrons. The van der Waals surface area contributed by atoms with Crippen molar-refractivity contribution in [2.45, 2.75) is 52.0 Å². The van der Waals surface area contributed by atoms with E-state index >= 15 is 0 Å². The molecule has 0 spiro atoms. The molecule has 0 aromatic rings. The first-order chi connectivity index (χ1) is 9.29. The van der Waals surface area contributed by atoms with Gasteiger partial charge in [-0.05, 0) is 64.2 Å². The average Bonchev–Trinajstić information content (AvgIpc) is 3.16. The molecule has 5 heteroatoms. The Morgan fingerprint density at radius 1 is 1.20 bits per heavy atom. The smallest absolute Gasteiger partial charge is 0.323 e. The number of carboxylic acids is 1. The van der Waals surface area contributed by atoms with Crippen LogP contribution in [0.1, 0.15) is 46.5 Å². The van der Waals surface area contributed by atoms with Crippen LogP contribution < -0.4 is 5.32 Å². The molecule has 0 heterocycles. The van der Waals surface area contributed by atoms with Crippen molar-refractivity contribution in [3.63, 3.8) is 0 Å². The molecule has 0 atom stereocenters. The summed E-state index contributed by atoms with van der Waals surface area (Å²) in [6, 6.07) is -0.258. The maximum Gasteiger partial charge on any atom is 0.323 e. The van der Waals surface area contributed by atoms with Crippen molar-refractivity contribution < 1.29 is 14.7 Å². The molecule has 2 amide bonds. The molecule has 2 aliphatic rings. The van der Waals surface area contributed by atoms with Gasteiger partial charge in [-0.25, -0.2) is 4.79 Å². The third kappa shape index (κ3) is 4.12. The van der Waals surface area contributed by atoms with Gasteiger partial charge in [0.1, 0.15) is 6.54 Å². The molecular formula is C15H26N2O3. The van der Waals surface area contributed by atoms with E-state index in [0.29, 0.717) is 12.5 Å². The fourth-order valence-corrected chi connectivity index (χ4v) is 2.82. The first-order valence-corrected chi connectivity index (χ1v) is 7.56. The third-order valence-electron chi connectivity index (χ3n) is 4.29. The lowest BCUT2D eigenvalue weighted by Crippen LogP contribution is -2.53. The SMILES string of the molecule is CC(C)(C)N(CC(=O)O)C(=O)NCC(C1CC1)C1CC1. The molecular weight excluding hydrogens is 256 g/mol. The van der Waals surface area contributed by atoms with Gasteiger partial charge in [0.2, 0.25) is 0 Å². The molecule has 0 radical (unpaired) electrons. The van der Waals surface area contributed by atoms with Gasteiger partial charge in [-0.15, -0.1) is 0 Å². The molecule has 0 saturated heterocycles. The van der Waals surface area contributed by atoms with E-state index in [4.69, 9.17) is 5.11 Å². The first-order valence-electron chi connectivity index (χ1n) is 7.56. The number of carbonyl (C=O) groups is 2. The third-order valence-corrected chi connectivity index (χ3v) is 4.29. The Morgan fingerprint density at radius 3 is 2.05 bits per heavy atom. The number of carboxylic acid groups (broad SMARTS) is 1. The zero-order valence-corrected chi connectivity index (χ0v) is 12.7. The summed E-state index contributed by atoms with van der Waals surface area (Å²) in [6.45, 7) is 6.01. The van der Waals surface area contributed by atoms with E-state index in [0.717, 1.165) is 11.8 Å². The lowest BCUT2D eigenvalue weighted by Gasteiger charge is -2.34. The molecule has 0 aromatic carbocycles. The van der Waals surface area contributed by atoms with Gasteiger partial charge in [0.15, 0.2) is 0 Å². The van der Waals surface area contributed by atoms with Crippen molar-refractivity contribution in [1.29, 1.82) is 0 Å². The first kappa shape index (κ1) is 15.1. The summed E-state index contributed by atoms with van der Waals surface area (Å²) < 4.78 is 0. The van der Waals surface area contributed by atoms with Gasteiger partial charge in [-0.3, -0.25) is 4.79 Å². The maximum absolute atomic E-state index is 12.3. The van der Waals surface area contributed by atoms with E-state index in [1.54, 1.807) is 0 Å². The topological polar surface area (TPSA) is 69.6 Å². The highest BCUT2D eigenvalue weighted by Gasteiger charge is 2.41. The Morgan fingerprint density at radius 2 is 1.70 bits per heavy atom. The fraction of sp³-hybridized carbons (Fsp3) is 0.867. The van der Waals surface area contributed by atoms with Crippen LogP contribution in [0.5, 0.6) is 0 Å². The predicted octanol–water partition coefficient (Wildman–Crippen LogP) is 2.32. The monoisotopic (exact) mass is 282 g/mol. The molecule has 0 aromatic heterocycles. The second-order valence-electron chi connectivity index (χ2n) is 7.18. The van der Waals surface area contributed by atoms with Crippen LogP contribution in [-0.4, -0.2) is 40.6 Å². The van der Waals surface area contributed by atoms with E-state index in [2.05, 4.69) is 5.32 Å². The molecule has 20 heavy (non-hydrogen) atoms. The molecule has 5 nitrogen and oxygen atoms in total. The quantitative estimate of drug-likeness (QED) is 0.785. The van der Waals surface area contributed by atoms with E-state index in [1.807, 2.05) is 20.8 Å². The normalized spacial score (nSPS) is 19.0. The summed E-state index contributed by atoms with van der Waals surface area (Å²) in [7, 11) is 0. The lowest BCUT2D eigenvalue weighted by atomic mass is 9.98. The zero-order valence-electron chi connectivity index (χ0n) is 12.7. The van der Waals surface area contributed by atoms with Crippen LogP contribution >= 0.6 is 0 Å². The Hall–Kier alpha value is -1.26. The van der Waals surface area contributed by atoms with Crippen molar-refractivity contribution >= 4 is 12.0 Å². The van der Waals surface area contributed by atoms with Crippen LogP contribution in [-0.2, 0) is 4.79 Å². The fourth-order valence-electron chi connectivity index (χ4n) is 2.82. The van der Waals surface area contributed by atoms with Crippen LogP contribution in [0.4, 0.5) is 4.79 Å². The average molecular weight is 282 g/mol. The van der Waals surface area contributed by atoms with Gasteiger partial charge in [0.05, 0.1) is 0 Å². The largest absolute Gasteiger partial charge is 0.480 e. The highest BCUT2D eigenvalue weighted by molar-refractivity contribution is 5.80. The predicted molar refractivity (Wildman–Crippen MR) is 76.4 cm³/mol. The molecule has 0 bridgehead atoms. The molecule has 2 N–H and O–H groups in total. The molecule has 2 aliphatic carbocycles. The number of hydrogen-bond donors (Lipinski definition) is 2.